The molecule has 0 bridgehead atoms. The molecule has 1 heterocycles. The first-order valence-corrected chi connectivity index (χ1v) is 7.10. The first kappa shape index (κ1) is 12.7. The quantitative estimate of drug-likeness (QED) is 0.778. The van der Waals surface area contributed by atoms with Crippen LogP contribution in [0.25, 0.3) is 0 Å². The van der Waals surface area contributed by atoms with Gasteiger partial charge in [0, 0.05) is 12.5 Å². The van der Waals surface area contributed by atoms with Crippen LogP contribution in [0.4, 0.5) is 0 Å². The lowest BCUT2D eigenvalue weighted by atomic mass is 10.0. The molecule has 1 aliphatic carbocycles. The van der Waals surface area contributed by atoms with E-state index in [4.69, 9.17) is 4.42 Å². The van der Waals surface area contributed by atoms with Crippen LogP contribution in [0.15, 0.2) is 22.8 Å². The fourth-order valence-corrected chi connectivity index (χ4v) is 2.75. The summed E-state index contributed by atoms with van der Waals surface area (Å²) in [6.07, 6.45) is 11.2. The van der Waals surface area contributed by atoms with Crippen LogP contribution in [0, 0.1) is 5.92 Å². The van der Waals surface area contributed by atoms with Crippen molar-refractivity contribution in [2.45, 2.75) is 57.9 Å². The Labute approximate surface area is 105 Å². The van der Waals surface area contributed by atoms with E-state index in [9.17, 15) is 0 Å². The molecule has 17 heavy (non-hydrogen) atoms. The van der Waals surface area contributed by atoms with E-state index in [1.54, 1.807) is 6.26 Å². The minimum atomic E-state index is 0.599. The SMILES string of the molecule is CC(CCc1ccco1)NCCC1CCCC1. The van der Waals surface area contributed by atoms with Crippen LogP contribution in [0.1, 0.15) is 51.2 Å². The summed E-state index contributed by atoms with van der Waals surface area (Å²) in [5, 5.41) is 3.63. The fraction of sp³-hybridized carbons (Fsp3) is 0.733. The molecule has 1 fully saturated rings. The van der Waals surface area contributed by atoms with Crippen molar-refractivity contribution in [1.82, 2.24) is 5.32 Å². The molecule has 1 aromatic rings. The molecule has 0 spiro atoms. The van der Waals surface area contributed by atoms with Gasteiger partial charge in [0.25, 0.3) is 0 Å². The number of hydrogen-bond donors (Lipinski definition) is 1. The van der Waals surface area contributed by atoms with Crippen molar-refractivity contribution in [2.75, 3.05) is 6.54 Å². The molecule has 0 aromatic carbocycles. The van der Waals surface area contributed by atoms with Gasteiger partial charge in [0.2, 0.25) is 0 Å². The smallest absolute Gasteiger partial charge is 0.103 e. The molecular formula is C15H25NO. The molecule has 1 N–H and O–H groups in total. The number of aryl methyl sites for hydroxylation is 1. The summed E-state index contributed by atoms with van der Waals surface area (Å²) in [7, 11) is 0. The number of nitrogens with one attached hydrogen (secondary N) is 1. The van der Waals surface area contributed by atoms with Crippen LogP contribution in [0.3, 0.4) is 0 Å². The highest BCUT2D eigenvalue weighted by molar-refractivity contribution is 4.98. The molecule has 1 saturated carbocycles. The monoisotopic (exact) mass is 235 g/mol. The predicted octanol–water partition coefficient (Wildman–Crippen LogP) is 3.77. The Hall–Kier alpha value is -0.760. The van der Waals surface area contributed by atoms with E-state index in [1.165, 1.54) is 38.6 Å². The zero-order chi connectivity index (χ0) is 11.9. The summed E-state index contributed by atoms with van der Waals surface area (Å²) >= 11 is 0. The van der Waals surface area contributed by atoms with Gasteiger partial charge in [-0.3, -0.25) is 0 Å². The number of rotatable bonds is 7. The Morgan fingerprint density at radius 1 is 1.41 bits per heavy atom. The van der Waals surface area contributed by atoms with Gasteiger partial charge < -0.3 is 9.73 Å². The third-order valence-electron chi connectivity index (χ3n) is 3.92. The van der Waals surface area contributed by atoms with E-state index in [0.29, 0.717) is 6.04 Å². The maximum absolute atomic E-state index is 5.34. The molecule has 1 aromatic heterocycles. The molecule has 2 nitrogen and oxygen atoms in total. The topological polar surface area (TPSA) is 25.2 Å². The highest BCUT2D eigenvalue weighted by atomic mass is 16.3. The van der Waals surface area contributed by atoms with Crippen molar-refractivity contribution in [2.24, 2.45) is 5.92 Å². The van der Waals surface area contributed by atoms with E-state index in [1.807, 2.05) is 6.07 Å². The van der Waals surface area contributed by atoms with Gasteiger partial charge in [-0.1, -0.05) is 25.7 Å². The van der Waals surface area contributed by atoms with Crippen molar-refractivity contribution < 1.29 is 4.42 Å². The second kappa shape index (κ2) is 6.85. The summed E-state index contributed by atoms with van der Waals surface area (Å²) < 4.78 is 5.34. The second-order valence-corrected chi connectivity index (χ2v) is 5.41. The van der Waals surface area contributed by atoms with E-state index in [-0.39, 0.29) is 0 Å². The molecule has 2 rings (SSSR count). The van der Waals surface area contributed by atoms with Gasteiger partial charge in [0.05, 0.1) is 6.26 Å². The van der Waals surface area contributed by atoms with E-state index in [0.717, 1.165) is 24.5 Å². The zero-order valence-electron chi connectivity index (χ0n) is 11.0. The van der Waals surface area contributed by atoms with Gasteiger partial charge in [0.1, 0.15) is 5.76 Å². The standard InChI is InChI=1S/C15H25NO/c1-13(8-9-15-7-4-12-17-15)16-11-10-14-5-2-3-6-14/h4,7,12-14,16H,2-3,5-6,8-11H2,1H3. The lowest BCUT2D eigenvalue weighted by Crippen LogP contribution is -2.28. The second-order valence-electron chi connectivity index (χ2n) is 5.41. The minimum Gasteiger partial charge on any atom is -0.469 e. The van der Waals surface area contributed by atoms with Gasteiger partial charge in [-0.15, -0.1) is 0 Å². The predicted molar refractivity (Wildman–Crippen MR) is 71.1 cm³/mol. The molecule has 0 saturated heterocycles. The Balaban J connectivity index is 1.52. The van der Waals surface area contributed by atoms with Crippen molar-refractivity contribution in [3.63, 3.8) is 0 Å². The van der Waals surface area contributed by atoms with Crippen LogP contribution in [-0.4, -0.2) is 12.6 Å². The minimum absolute atomic E-state index is 0.599. The summed E-state index contributed by atoms with van der Waals surface area (Å²) in [6, 6.07) is 4.63. The Morgan fingerprint density at radius 2 is 2.24 bits per heavy atom. The molecule has 1 unspecified atom stereocenters. The van der Waals surface area contributed by atoms with Crippen LogP contribution in [0.2, 0.25) is 0 Å². The van der Waals surface area contributed by atoms with Crippen LogP contribution < -0.4 is 5.32 Å². The number of hydrogen-bond acceptors (Lipinski definition) is 2. The van der Waals surface area contributed by atoms with Crippen molar-refractivity contribution in [3.8, 4) is 0 Å². The van der Waals surface area contributed by atoms with Crippen molar-refractivity contribution in [3.05, 3.63) is 24.2 Å². The molecule has 1 atom stereocenters. The van der Waals surface area contributed by atoms with Crippen LogP contribution in [0.5, 0.6) is 0 Å². The lowest BCUT2D eigenvalue weighted by Gasteiger charge is -2.15. The Morgan fingerprint density at radius 3 is 2.94 bits per heavy atom. The summed E-state index contributed by atoms with van der Waals surface area (Å²) in [4.78, 5) is 0. The molecule has 1 aliphatic rings. The maximum atomic E-state index is 5.34. The van der Waals surface area contributed by atoms with Gasteiger partial charge in [0.15, 0.2) is 0 Å². The average Bonchev–Trinajstić information content (AvgIpc) is 2.99. The molecule has 0 radical (unpaired) electrons. The lowest BCUT2D eigenvalue weighted by molar-refractivity contribution is 0.426. The first-order chi connectivity index (χ1) is 8.34. The highest BCUT2D eigenvalue weighted by Gasteiger charge is 2.14. The molecular weight excluding hydrogens is 210 g/mol. The Bertz CT molecular complexity index is 288. The third kappa shape index (κ3) is 4.55. The molecule has 0 amide bonds. The summed E-state index contributed by atoms with van der Waals surface area (Å²) in [5.41, 5.74) is 0. The third-order valence-corrected chi connectivity index (χ3v) is 3.92. The van der Waals surface area contributed by atoms with E-state index in [2.05, 4.69) is 18.3 Å². The highest BCUT2D eigenvalue weighted by Crippen LogP contribution is 2.26. The maximum Gasteiger partial charge on any atom is 0.103 e. The first-order valence-electron chi connectivity index (χ1n) is 7.10. The van der Waals surface area contributed by atoms with E-state index >= 15 is 0 Å². The van der Waals surface area contributed by atoms with E-state index < -0.39 is 0 Å². The van der Waals surface area contributed by atoms with Gasteiger partial charge in [-0.25, -0.2) is 0 Å². The number of furan rings is 1. The van der Waals surface area contributed by atoms with Crippen LogP contribution in [-0.2, 0) is 6.42 Å². The average molecular weight is 235 g/mol. The normalized spacial score (nSPS) is 18.6. The Kier molecular flexibility index (Phi) is 5.11. The van der Waals surface area contributed by atoms with Crippen molar-refractivity contribution >= 4 is 0 Å². The fourth-order valence-electron chi connectivity index (χ4n) is 2.75. The van der Waals surface area contributed by atoms with Crippen LogP contribution >= 0.6 is 0 Å². The molecule has 2 heteroatoms. The van der Waals surface area contributed by atoms with Gasteiger partial charge in [-0.2, -0.15) is 0 Å². The van der Waals surface area contributed by atoms with Crippen molar-refractivity contribution in [1.29, 1.82) is 0 Å². The largest absolute Gasteiger partial charge is 0.469 e. The molecule has 96 valence electrons. The molecule has 0 aliphatic heterocycles. The summed E-state index contributed by atoms with van der Waals surface area (Å²) in [5.74, 6) is 2.11. The van der Waals surface area contributed by atoms with Gasteiger partial charge >= 0.3 is 0 Å². The zero-order valence-corrected chi connectivity index (χ0v) is 11.0. The van der Waals surface area contributed by atoms with Gasteiger partial charge in [-0.05, 0) is 44.4 Å². The summed E-state index contributed by atoms with van der Waals surface area (Å²) in [6.45, 7) is 3.46.